The molecule has 6 nitrogen and oxygen atoms in total. The molecule has 0 spiro atoms. The van der Waals surface area contributed by atoms with Gasteiger partial charge < -0.3 is 14.0 Å². The van der Waals surface area contributed by atoms with Gasteiger partial charge in [0.25, 0.3) is 5.89 Å². The van der Waals surface area contributed by atoms with Gasteiger partial charge in [-0.25, -0.2) is 4.79 Å². The van der Waals surface area contributed by atoms with Gasteiger partial charge in [-0.2, -0.15) is 16.3 Å². The second-order valence-electron chi connectivity index (χ2n) is 6.75. The number of carbonyl (C=O) groups is 1. The molecule has 3 rings (SSSR count). The largest absolute Gasteiger partial charge is 0.482 e. The molecule has 0 atom stereocenters. The predicted octanol–water partition coefficient (Wildman–Crippen LogP) is 4.22. The van der Waals surface area contributed by atoms with Crippen LogP contribution in [0.5, 0.6) is 5.75 Å². The number of hydrogen-bond acceptors (Lipinski definition) is 7. The third-order valence-electron chi connectivity index (χ3n) is 3.68. The van der Waals surface area contributed by atoms with Gasteiger partial charge in [-0.1, -0.05) is 38.1 Å². The number of aromatic nitrogens is 2. The Morgan fingerprint density at radius 1 is 1.19 bits per heavy atom. The summed E-state index contributed by atoms with van der Waals surface area (Å²) < 4.78 is 15.6. The van der Waals surface area contributed by atoms with Crippen molar-refractivity contribution in [2.45, 2.75) is 32.8 Å². The SMILES string of the molecule is CC(C)(C)c1ccc(OCC(=O)OCc2nc(-c3ccsc3)no2)cc1. The van der Waals surface area contributed by atoms with Gasteiger partial charge >= 0.3 is 5.97 Å². The van der Waals surface area contributed by atoms with Crippen LogP contribution in [-0.2, 0) is 21.6 Å². The van der Waals surface area contributed by atoms with Crippen molar-refractivity contribution in [2.24, 2.45) is 0 Å². The van der Waals surface area contributed by atoms with Crippen molar-refractivity contribution in [1.29, 1.82) is 0 Å². The summed E-state index contributed by atoms with van der Waals surface area (Å²) in [5.41, 5.74) is 2.15. The zero-order chi connectivity index (χ0) is 18.6. The van der Waals surface area contributed by atoms with Gasteiger partial charge in [0.15, 0.2) is 13.2 Å². The first-order valence-electron chi connectivity index (χ1n) is 8.16. The lowest BCUT2D eigenvalue weighted by Crippen LogP contribution is -2.15. The maximum Gasteiger partial charge on any atom is 0.344 e. The third-order valence-corrected chi connectivity index (χ3v) is 4.36. The van der Waals surface area contributed by atoms with Crippen LogP contribution in [0.2, 0.25) is 0 Å². The standard InChI is InChI=1S/C19H20N2O4S/c1-19(2,3)14-4-6-15(7-5-14)23-11-17(22)24-10-16-20-18(21-25-16)13-8-9-26-12-13/h4-9,12H,10-11H2,1-3H3. The maximum atomic E-state index is 11.8. The molecule has 2 heterocycles. The smallest absolute Gasteiger partial charge is 0.344 e. The molecule has 0 saturated carbocycles. The molecule has 0 amide bonds. The Hall–Kier alpha value is -2.67. The van der Waals surface area contributed by atoms with E-state index in [2.05, 4.69) is 30.9 Å². The van der Waals surface area contributed by atoms with E-state index in [0.717, 1.165) is 5.56 Å². The normalized spacial score (nSPS) is 11.3. The van der Waals surface area contributed by atoms with Crippen molar-refractivity contribution in [3.63, 3.8) is 0 Å². The second kappa shape index (κ2) is 7.70. The highest BCUT2D eigenvalue weighted by Gasteiger charge is 2.14. The Kier molecular flexibility index (Phi) is 5.37. The Morgan fingerprint density at radius 2 is 1.96 bits per heavy atom. The van der Waals surface area contributed by atoms with Crippen molar-refractivity contribution in [3.05, 3.63) is 52.5 Å². The van der Waals surface area contributed by atoms with Gasteiger partial charge in [-0.05, 0) is 34.6 Å². The fourth-order valence-corrected chi connectivity index (χ4v) is 2.83. The summed E-state index contributed by atoms with van der Waals surface area (Å²) in [6.45, 7) is 6.16. The zero-order valence-corrected chi connectivity index (χ0v) is 15.7. The van der Waals surface area contributed by atoms with Crippen molar-refractivity contribution >= 4 is 17.3 Å². The van der Waals surface area contributed by atoms with Crippen LogP contribution in [0.3, 0.4) is 0 Å². The average Bonchev–Trinajstić information content (AvgIpc) is 3.29. The summed E-state index contributed by atoms with van der Waals surface area (Å²) in [6.07, 6.45) is 0. The Balaban J connectivity index is 1.46. The molecule has 3 aromatic rings. The molecule has 26 heavy (non-hydrogen) atoms. The molecule has 0 aliphatic heterocycles. The molecule has 0 aliphatic carbocycles. The van der Waals surface area contributed by atoms with E-state index in [1.807, 2.05) is 41.1 Å². The fourth-order valence-electron chi connectivity index (χ4n) is 2.20. The van der Waals surface area contributed by atoms with E-state index in [1.165, 1.54) is 5.56 Å². The van der Waals surface area contributed by atoms with E-state index in [1.54, 1.807) is 11.3 Å². The van der Waals surface area contributed by atoms with Crippen LogP contribution in [0.15, 0.2) is 45.6 Å². The number of ether oxygens (including phenoxy) is 2. The van der Waals surface area contributed by atoms with Crippen LogP contribution < -0.4 is 4.74 Å². The lowest BCUT2D eigenvalue weighted by atomic mass is 9.87. The van der Waals surface area contributed by atoms with Crippen LogP contribution in [-0.4, -0.2) is 22.7 Å². The molecular weight excluding hydrogens is 352 g/mol. The topological polar surface area (TPSA) is 74.5 Å². The minimum Gasteiger partial charge on any atom is -0.482 e. The summed E-state index contributed by atoms with van der Waals surface area (Å²) >= 11 is 1.54. The van der Waals surface area contributed by atoms with Crippen molar-refractivity contribution in [3.8, 4) is 17.1 Å². The second-order valence-corrected chi connectivity index (χ2v) is 7.53. The number of thiophene rings is 1. The summed E-state index contributed by atoms with van der Waals surface area (Å²) in [6, 6.07) is 9.57. The van der Waals surface area contributed by atoms with Gasteiger partial charge in [0, 0.05) is 10.9 Å². The number of esters is 1. The quantitative estimate of drug-likeness (QED) is 0.603. The molecule has 136 valence electrons. The third kappa shape index (κ3) is 4.70. The van der Waals surface area contributed by atoms with Crippen molar-refractivity contribution in [2.75, 3.05) is 6.61 Å². The molecule has 0 saturated heterocycles. The molecule has 0 unspecified atom stereocenters. The molecule has 2 aromatic heterocycles. The van der Waals surface area contributed by atoms with Crippen molar-refractivity contribution < 1.29 is 18.8 Å². The lowest BCUT2D eigenvalue weighted by Gasteiger charge is -2.19. The number of benzene rings is 1. The number of hydrogen-bond donors (Lipinski definition) is 0. The van der Waals surface area contributed by atoms with Gasteiger partial charge in [-0.15, -0.1) is 0 Å². The molecule has 0 N–H and O–H groups in total. The van der Waals surface area contributed by atoms with Gasteiger partial charge in [0.05, 0.1) is 0 Å². The fraction of sp³-hybridized carbons (Fsp3) is 0.316. The highest BCUT2D eigenvalue weighted by molar-refractivity contribution is 7.08. The Labute approximate surface area is 155 Å². The van der Waals surface area contributed by atoms with Crippen LogP contribution in [0.1, 0.15) is 32.2 Å². The minimum absolute atomic E-state index is 0.0728. The summed E-state index contributed by atoms with van der Waals surface area (Å²) in [5.74, 6) is 0.842. The molecule has 0 radical (unpaired) electrons. The van der Waals surface area contributed by atoms with Gasteiger partial charge in [0.2, 0.25) is 5.82 Å². The van der Waals surface area contributed by atoms with E-state index < -0.39 is 5.97 Å². The maximum absolute atomic E-state index is 11.8. The molecule has 0 aliphatic rings. The molecule has 0 fully saturated rings. The monoisotopic (exact) mass is 372 g/mol. The average molecular weight is 372 g/mol. The summed E-state index contributed by atoms with van der Waals surface area (Å²) in [4.78, 5) is 16.0. The molecular formula is C19H20N2O4S. The first kappa shape index (κ1) is 18.1. The van der Waals surface area contributed by atoms with Gasteiger partial charge in [-0.3, -0.25) is 0 Å². The van der Waals surface area contributed by atoms with Crippen LogP contribution in [0, 0.1) is 0 Å². The summed E-state index contributed by atoms with van der Waals surface area (Å²) in [7, 11) is 0. The van der Waals surface area contributed by atoms with E-state index in [0.29, 0.717) is 11.6 Å². The molecule has 7 heteroatoms. The highest BCUT2D eigenvalue weighted by Crippen LogP contribution is 2.24. The lowest BCUT2D eigenvalue weighted by molar-refractivity contribution is -0.148. The number of carbonyl (C=O) groups excluding carboxylic acids is 1. The highest BCUT2D eigenvalue weighted by atomic mass is 32.1. The van der Waals surface area contributed by atoms with E-state index in [-0.39, 0.29) is 24.5 Å². The van der Waals surface area contributed by atoms with Crippen molar-refractivity contribution in [1.82, 2.24) is 10.1 Å². The molecule has 0 bridgehead atoms. The first-order chi connectivity index (χ1) is 12.4. The number of rotatable bonds is 6. The summed E-state index contributed by atoms with van der Waals surface area (Å²) in [5, 5.41) is 7.70. The first-order valence-corrected chi connectivity index (χ1v) is 9.10. The van der Waals surface area contributed by atoms with Crippen LogP contribution >= 0.6 is 11.3 Å². The van der Waals surface area contributed by atoms with E-state index in [9.17, 15) is 4.79 Å². The van der Waals surface area contributed by atoms with Crippen LogP contribution in [0.4, 0.5) is 0 Å². The predicted molar refractivity (Wildman–Crippen MR) is 98.0 cm³/mol. The minimum atomic E-state index is -0.500. The Morgan fingerprint density at radius 3 is 2.62 bits per heavy atom. The van der Waals surface area contributed by atoms with Crippen LogP contribution in [0.25, 0.3) is 11.4 Å². The van der Waals surface area contributed by atoms with E-state index >= 15 is 0 Å². The van der Waals surface area contributed by atoms with E-state index in [4.69, 9.17) is 14.0 Å². The van der Waals surface area contributed by atoms with Gasteiger partial charge in [0.1, 0.15) is 5.75 Å². The molecule has 1 aromatic carbocycles. The Bertz CT molecular complexity index is 849. The number of nitrogens with zero attached hydrogens (tertiary/aromatic N) is 2. The zero-order valence-electron chi connectivity index (χ0n) is 14.9.